The molecule has 1 rings (SSSR count). The van der Waals surface area contributed by atoms with Crippen LogP contribution >= 0.6 is 27.3 Å². The Morgan fingerprint density at radius 3 is 2.71 bits per heavy atom. The molecule has 0 aliphatic carbocycles. The van der Waals surface area contributed by atoms with E-state index in [1.54, 1.807) is 23.3 Å². The highest BCUT2D eigenvalue weighted by Crippen LogP contribution is 2.20. The summed E-state index contributed by atoms with van der Waals surface area (Å²) in [7, 11) is 1.70. The molecule has 1 amide bonds. The van der Waals surface area contributed by atoms with Crippen molar-refractivity contribution in [2.75, 3.05) is 13.6 Å². The number of hydrogen-bond acceptors (Lipinski definition) is 3. The van der Waals surface area contributed by atoms with Crippen LogP contribution in [0.1, 0.15) is 17.7 Å². The van der Waals surface area contributed by atoms with E-state index in [0.29, 0.717) is 6.54 Å². The van der Waals surface area contributed by atoms with E-state index in [1.165, 1.54) is 4.88 Å². The number of halogens is 1. The number of carboxylic acids is 1. The first-order valence-electron chi connectivity index (χ1n) is 5.17. The van der Waals surface area contributed by atoms with Crippen molar-refractivity contribution in [1.29, 1.82) is 0 Å². The van der Waals surface area contributed by atoms with Gasteiger partial charge in [-0.3, -0.25) is 9.59 Å². The maximum absolute atomic E-state index is 11.5. The average Bonchev–Trinajstić information content (AvgIpc) is 2.68. The van der Waals surface area contributed by atoms with E-state index in [4.69, 9.17) is 5.11 Å². The standard InChI is InChI=1S/C11H14BrNO3S/c1-13(10(14)2-3-11(15)16)5-4-9-6-8(12)7-17-9/h6-7H,2-5H2,1H3,(H,15,16). The van der Waals surface area contributed by atoms with Crippen molar-refractivity contribution in [3.63, 3.8) is 0 Å². The quantitative estimate of drug-likeness (QED) is 0.875. The lowest BCUT2D eigenvalue weighted by molar-refractivity contribution is -0.140. The van der Waals surface area contributed by atoms with Crippen LogP contribution in [0.5, 0.6) is 0 Å². The maximum atomic E-state index is 11.5. The Hall–Kier alpha value is -0.880. The molecular weight excluding hydrogens is 306 g/mol. The van der Waals surface area contributed by atoms with Crippen LogP contribution in [0.15, 0.2) is 15.9 Å². The molecule has 0 aliphatic rings. The first kappa shape index (κ1) is 14.2. The molecule has 0 bridgehead atoms. The van der Waals surface area contributed by atoms with Crippen LogP contribution in [0, 0.1) is 0 Å². The molecule has 4 nitrogen and oxygen atoms in total. The SMILES string of the molecule is CN(CCc1cc(Br)cs1)C(=O)CCC(=O)O. The molecule has 0 atom stereocenters. The Bertz CT molecular complexity index is 405. The Kier molecular flexibility index (Phi) is 5.64. The fraction of sp³-hybridized carbons (Fsp3) is 0.455. The second kappa shape index (κ2) is 6.76. The van der Waals surface area contributed by atoms with Gasteiger partial charge >= 0.3 is 5.97 Å². The summed E-state index contributed by atoms with van der Waals surface area (Å²) in [5.41, 5.74) is 0. The van der Waals surface area contributed by atoms with Gasteiger partial charge in [0.25, 0.3) is 0 Å². The van der Waals surface area contributed by atoms with Crippen LogP contribution in [0.25, 0.3) is 0 Å². The third-order valence-electron chi connectivity index (χ3n) is 2.29. The van der Waals surface area contributed by atoms with Crippen LogP contribution in [-0.4, -0.2) is 35.5 Å². The predicted molar refractivity (Wildman–Crippen MR) is 70.2 cm³/mol. The van der Waals surface area contributed by atoms with E-state index in [9.17, 15) is 9.59 Å². The third-order valence-corrected chi connectivity index (χ3v) is 4.05. The summed E-state index contributed by atoms with van der Waals surface area (Å²) in [4.78, 5) is 24.6. The molecule has 0 radical (unpaired) electrons. The van der Waals surface area contributed by atoms with Crippen LogP contribution in [0.4, 0.5) is 0 Å². The molecule has 1 heterocycles. The number of hydrogen-bond donors (Lipinski definition) is 1. The molecule has 6 heteroatoms. The molecule has 1 aromatic heterocycles. The summed E-state index contributed by atoms with van der Waals surface area (Å²) in [6, 6.07) is 2.03. The second-order valence-electron chi connectivity index (χ2n) is 3.69. The molecular formula is C11H14BrNO3S. The summed E-state index contributed by atoms with van der Waals surface area (Å²) < 4.78 is 1.05. The fourth-order valence-corrected chi connectivity index (χ4v) is 2.74. The zero-order valence-corrected chi connectivity index (χ0v) is 11.9. The van der Waals surface area contributed by atoms with Crippen molar-refractivity contribution < 1.29 is 14.7 Å². The van der Waals surface area contributed by atoms with Gasteiger partial charge in [-0.1, -0.05) is 0 Å². The minimum Gasteiger partial charge on any atom is -0.481 e. The van der Waals surface area contributed by atoms with E-state index >= 15 is 0 Å². The van der Waals surface area contributed by atoms with Crippen LogP contribution in [0.2, 0.25) is 0 Å². The molecule has 17 heavy (non-hydrogen) atoms. The monoisotopic (exact) mass is 319 g/mol. The van der Waals surface area contributed by atoms with Crippen LogP contribution in [-0.2, 0) is 16.0 Å². The van der Waals surface area contributed by atoms with Gasteiger partial charge in [-0.25, -0.2) is 0 Å². The number of carbonyl (C=O) groups is 2. The van der Waals surface area contributed by atoms with Crippen molar-refractivity contribution >= 4 is 39.1 Å². The van der Waals surface area contributed by atoms with Gasteiger partial charge in [-0.15, -0.1) is 11.3 Å². The van der Waals surface area contributed by atoms with E-state index < -0.39 is 5.97 Å². The smallest absolute Gasteiger partial charge is 0.303 e. The summed E-state index contributed by atoms with van der Waals surface area (Å²) in [5.74, 6) is -1.06. The molecule has 94 valence electrons. The molecule has 1 N–H and O–H groups in total. The topological polar surface area (TPSA) is 57.6 Å². The van der Waals surface area contributed by atoms with Gasteiger partial charge in [-0.2, -0.15) is 0 Å². The largest absolute Gasteiger partial charge is 0.481 e. The minimum absolute atomic E-state index is 0.0694. The normalized spacial score (nSPS) is 10.2. The van der Waals surface area contributed by atoms with Gasteiger partial charge in [0, 0.05) is 34.7 Å². The summed E-state index contributed by atoms with van der Waals surface area (Å²) in [6.45, 7) is 0.616. The zero-order chi connectivity index (χ0) is 12.8. The molecule has 0 aromatic carbocycles. The van der Waals surface area contributed by atoms with Gasteiger partial charge in [-0.05, 0) is 28.4 Å². The number of aliphatic carboxylic acids is 1. The molecule has 1 aromatic rings. The third kappa shape index (κ3) is 5.32. The number of carboxylic acid groups (broad SMARTS) is 1. The molecule has 0 saturated carbocycles. The highest BCUT2D eigenvalue weighted by Gasteiger charge is 2.10. The lowest BCUT2D eigenvalue weighted by atomic mass is 10.2. The Labute approximate surface area is 112 Å². The van der Waals surface area contributed by atoms with Gasteiger partial charge < -0.3 is 10.0 Å². The van der Waals surface area contributed by atoms with E-state index in [1.807, 2.05) is 11.4 Å². The number of rotatable bonds is 6. The lowest BCUT2D eigenvalue weighted by Crippen LogP contribution is -2.28. The predicted octanol–water partition coefficient (Wildman–Crippen LogP) is 2.38. The van der Waals surface area contributed by atoms with E-state index in [0.717, 1.165) is 10.9 Å². The lowest BCUT2D eigenvalue weighted by Gasteiger charge is -2.15. The number of nitrogens with zero attached hydrogens (tertiary/aromatic N) is 1. The molecule has 0 spiro atoms. The van der Waals surface area contributed by atoms with Crippen LogP contribution in [0.3, 0.4) is 0 Å². The Morgan fingerprint density at radius 2 is 2.18 bits per heavy atom. The highest BCUT2D eigenvalue weighted by molar-refractivity contribution is 9.10. The number of amides is 1. The minimum atomic E-state index is -0.936. The number of carbonyl (C=O) groups excluding carboxylic acids is 1. The summed E-state index contributed by atoms with van der Waals surface area (Å²) >= 11 is 5.02. The number of thiophene rings is 1. The summed E-state index contributed by atoms with van der Waals surface area (Å²) in [5, 5.41) is 10.5. The second-order valence-corrected chi connectivity index (χ2v) is 5.60. The van der Waals surface area contributed by atoms with Crippen molar-refractivity contribution in [2.24, 2.45) is 0 Å². The average molecular weight is 320 g/mol. The van der Waals surface area contributed by atoms with Crippen LogP contribution < -0.4 is 0 Å². The molecule has 0 saturated heterocycles. The number of likely N-dealkylation sites (N-methyl/N-ethyl adjacent to an activating group) is 1. The van der Waals surface area contributed by atoms with E-state index in [2.05, 4.69) is 15.9 Å². The molecule has 0 fully saturated rings. The Morgan fingerprint density at radius 1 is 1.47 bits per heavy atom. The van der Waals surface area contributed by atoms with Gasteiger partial charge in [0.05, 0.1) is 6.42 Å². The molecule has 0 aliphatic heterocycles. The van der Waals surface area contributed by atoms with Crippen molar-refractivity contribution in [1.82, 2.24) is 4.90 Å². The van der Waals surface area contributed by atoms with E-state index in [-0.39, 0.29) is 18.7 Å². The molecule has 0 unspecified atom stereocenters. The van der Waals surface area contributed by atoms with Crippen molar-refractivity contribution in [3.8, 4) is 0 Å². The van der Waals surface area contributed by atoms with Gasteiger partial charge in [0.1, 0.15) is 0 Å². The zero-order valence-electron chi connectivity index (χ0n) is 9.48. The first-order valence-corrected chi connectivity index (χ1v) is 6.85. The maximum Gasteiger partial charge on any atom is 0.303 e. The van der Waals surface area contributed by atoms with Gasteiger partial charge in [0.15, 0.2) is 0 Å². The van der Waals surface area contributed by atoms with Crippen molar-refractivity contribution in [3.05, 3.63) is 20.8 Å². The Balaban J connectivity index is 2.31. The van der Waals surface area contributed by atoms with Crippen molar-refractivity contribution in [2.45, 2.75) is 19.3 Å². The highest BCUT2D eigenvalue weighted by atomic mass is 79.9. The van der Waals surface area contributed by atoms with Gasteiger partial charge in [0.2, 0.25) is 5.91 Å². The first-order chi connectivity index (χ1) is 7.99. The fourth-order valence-electron chi connectivity index (χ4n) is 1.29. The summed E-state index contributed by atoms with van der Waals surface area (Å²) in [6.07, 6.45) is 0.763.